The quantitative estimate of drug-likeness (QED) is 0.660. The topological polar surface area (TPSA) is 87.2 Å². The van der Waals surface area contributed by atoms with E-state index in [4.69, 9.17) is 0 Å². The summed E-state index contributed by atoms with van der Waals surface area (Å²) in [7, 11) is 0. The molecule has 0 aliphatic carbocycles. The molecule has 1 aromatic heterocycles. The Morgan fingerprint density at radius 3 is 2.81 bits per heavy atom. The van der Waals surface area contributed by atoms with E-state index < -0.39 is 0 Å². The van der Waals surface area contributed by atoms with Crippen molar-refractivity contribution in [1.29, 1.82) is 0 Å². The van der Waals surface area contributed by atoms with Gasteiger partial charge in [0, 0.05) is 27.6 Å². The second kappa shape index (κ2) is 7.08. The fourth-order valence-electron chi connectivity index (χ4n) is 3.19. The Morgan fingerprint density at radius 2 is 2.04 bits per heavy atom. The number of ketones is 1. The highest BCUT2D eigenvalue weighted by Gasteiger charge is 2.22. The molecule has 0 fully saturated rings. The summed E-state index contributed by atoms with van der Waals surface area (Å²) in [5.41, 5.74) is 4.68. The number of amides is 1. The van der Waals surface area contributed by atoms with Gasteiger partial charge in [-0.1, -0.05) is 31.2 Å². The van der Waals surface area contributed by atoms with Gasteiger partial charge in [0.1, 0.15) is 12.1 Å². The summed E-state index contributed by atoms with van der Waals surface area (Å²) in [5, 5.41) is 2.78. The third-order valence-corrected chi connectivity index (χ3v) is 5.02. The Balaban J connectivity index is 1.76. The molecule has 2 heterocycles. The standard InChI is InChI=1S/C20H17BrN4O2/c1-2-5-17(27)24-20-23-15-9-11(8-14(21)19(15)25-20)18-13-7-4-3-6-12(13)16(26)10-22-18/h3-4,6-9H,2,5,10H2,1H3,(H2,23,24,25,27). The maximum Gasteiger partial charge on any atom is 0.226 e. The number of anilines is 1. The predicted octanol–water partition coefficient (Wildman–Crippen LogP) is 4.10. The summed E-state index contributed by atoms with van der Waals surface area (Å²) in [6.45, 7) is 2.10. The number of aromatic nitrogens is 2. The first-order chi connectivity index (χ1) is 13.1. The van der Waals surface area contributed by atoms with Crippen molar-refractivity contribution >= 4 is 50.3 Å². The van der Waals surface area contributed by atoms with E-state index in [0.29, 0.717) is 17.9 Å². The highest BCUT2D eigenvalue weighted by atomic mass is 79.9. The van der Waals surface area contributed by atoms with Crippen LogP contribution >= 0.6 is 15.9 Å². The van der Waals surface area contributed by atoms with Crippen molar-refractivity contribution in [1.82, 2.24) is 9.97 Å². The monoisotopic (exact) mass is 424 g/mol. The third-order valence-electron chi connectivity index (χ3n) is 4.41. The van der Waals surface area contributed by atoms with Crippen molar-refractivity contribution in [2.45, 2.75) is 19.8 Å². The average Bonchev–Trinajstić information content (AvgIpc) is 3.05. The number of rotatable bonds is 4. The minimum absolute atomic E-state index is 0.0250. The number of nitrogens with zero attached hydrogens (tertiary/aromatic N) is 2. The van der Waals surface area contributed by atoms with Gasteiger partial charge >= 0.3 is 0 Å². The van der Waals surface area contributed by atoms with Crippen LogP contribution in [0, 0.1) is 0 Å². The first-order valence-corrected chi connectivity index (χ1v) is 9.52. The van der Waals surface area contributed by atoms with E-state index in [-0.39, 0.29) is 18.2 Å². The molecule has 0 unspecified atom stereocenters. The van der Waals surface area contributed by atoms with E-state index in [2.05, 4.69) is 36.2 Å². The van der Waals surface area contributed by atoms with Crippen molar-refractivity contribution in [2.24, 2.45) is 4.99 Å². The number of hydrogen-bond acceptors (Lipinski definition) is 4. The predicted molar refractivity (Wildman–Crippen MR) is 109 cm³/mol. The van der Waals surface area contributed by atoms with E-state index >= 15 is 0 Å². The first kappa shape index (κ1) is 17.6. The van der Waals surface area contributed by atoms with Gasteiger partial charge in [0.15, 0.2) is 5.78 Å². The fourth-order valence-corrected chi connectivity index (χ4v) is 3.74. The van der Waals surface area contributed by atoms with E-state index in [0.717, 1.165) is 38.8 Å². The Labute approximate surface area is 164 Å². The van der Waals surface area contributed by atoms with Crippen LogP contribution in [0.15, 0.2) is 45.9 Å². The molecule has 0 radical (unpaired) electrons. The number of carbonyl (C=O) groups is 2. The molecule has 1 amide bonds. The fraction of sp³-hybridized carbons (Fsp3) is 0.200. The number of aliphatic imine (C=N–C) groups is 1. The van der Waals surface area contributed by atoms with Crippen molar-refractivity contribution in [2.75, 3.05) is 11.9 Å². The van der Waals surface area contributed by atoms with Crippen LogP contribution in [0.2, 0.25) is 0 Å². The summed E-state index contributed by atoms with van der Waals surface area (Å²) in [6, 6.07) is 11.4. The third kappa shape index (κ3) is 3.30. The van der Waals surface area contributed by atoms with Gasteiger partial charge in [-0.2, -0.15) is 0 Å². The zero-order valence-electron chi connectivity index (χ0n) is 14.7. The maximum absolute atomic E-state index is 12.1. The number of benzene rings is 2. The molecule has 6 nitrogen and oxygen atoms in total. The van der Waals surface area contributed by atoms with Gasteiger partial charge in [-0.15, -0.1) is 0 Å². The highest BCUT2D eigenvalue weighted by Crippen LogP contribution is 2.29. The molecule has 136 valence electrons. The zero-order chi connectivity index (χ0) is 19.0. The van der Waals surface area contributed by atoms with Crippen LogP contribution in [0.3, 0.4) is 0 Å². The molecule has 2 aromatic carbocycles. The minimum atomic E-state index is -0.0722. The van der Waals surface area contributed by atoms with Crippen LogP contribution < -0.4 is 5.32 Å². The largest absolute Gasteiger partial charge is 0.324 e. The van der Waals surface area contributed by atoms with Gasteiger partial charge in [0.25, 0.3) is 0 Å². The molecule has 1 aliphatic rings. The molecular formula is C20H17BrN4O2. The van der Waals surface area contributed by atoms with E-state index in [1.165, 1.54) is 0 Å². The molecule has 0 saturated carbocycles. The van der Waals surface area contributed by atoms with Crippen molar-refractivity contribution in [3.63, 3.8) is 0 Å². The summed E-state index contributed by atoms with van der Waals surface area (Å²) >= 11 is 3.56. The second-order valence-corrected chi connectivity index (χ2v) is 7.23. The lowest BCUT2D eigenvalue weighted by Gasteiger charge is -2.16. The first-order valence-electron chi connectivity index (χ1n) is 8.73. The van der Waals surface area contributed by atoms with Gasteiger partial charge in [0.2, 0.25) is 11.9 Å². The lowest BCUT2D eigenvalue weighted by Crippen LogP contribution is -2.19. The van der Waals surface area contributed by atoms with Crippen LogP contribution in [0.1, 0.15) is 41.3 Å². The number of aromatic amines is 1. The molecule has 1 aliphatic heterocycles. The molecule has 0 spiro atoms. The smallest absolute Gasteiger partial charge is 0.226 e. The Kier molecular flexibility index (Phi) is 4.61. The number of imidazole rings is 1. The number of halogens is 1. The van der Waals surface area contributed by atoms with Crippen LogP contribution in [0.5, 0.6) is 0 Å². The molecule has 27 heavy (non-hydrogen) atoms. The Bertz CT molecular complexity index is 1100. The normalized spacial score (nSPS) is 13.4. The van der Waals surface area contributed by atoms with Crippen molar-refractivity contribution < 1.29 is 9.59 Å². The lowest BCUT2D eigenvalue weighted by atomic mass is 9.92. The van der Waals surface area contributed by atoms with Gasteiger partial charge in [-0.05, 0) is 34.5 Å². The number of carbonyl (C=O) groups excluding carboxylic acids is 2. The van der Waals surface area contributed by atoms with Gasteiger partial charge in [-0.25, -0.2) is 4.98 Å². The van der Waals surface area contributed by atoms with E-state index in [9.17, 15) is 9.59 Å². The second-order valence-electron chi connectivity index (χ2n) is 6.37. The van der Waals surface area contributed by atoms with E-state index in [1.54, 1.807) is 0 Å². The summed E-state index contributed by atoms with van der Waals surface area (Å²) < 4.78 is 0.791. The van der Waals surface area contributed by atoms with Crippen LogP contribution in [-0.2, 0) is 4.79 Å². The molecule has 3 aromatic rings. The Hall–Kier alpha value is -2.80. The highest BCUT2D eigenvalue weighted by molar-refractivity contribution is 9.10. The maximum atomic E-state index is 12.1. The summed E-state index contributed by atoms with van der Waals surface area (Å²) in [6.07, 6.45) is 1.23. The zero-order valence-corrected chi connectivity index (χ0v) is 16.3. The molecule has 7 heteroatoms. The van der Waals surface area contributed by atoms with Gasteiger partial charge in [0.05, 0.1) is 11.2 Å². The summed E-state index contributed by atoms with van der Waals surface area (Å²) in [5.74, 6) is 0.372. The number of H-pyrrole nitrogens is 1. The molecule has 2 N–H and O–H groups in total. The average molecular weight is 425 g/mol. The van der Waals surface area contributed by atoms with Crippen LogP contribution in [0.4, 0.5) is 5.95 Å². The van der Waals surface area contributed by atoms with Gasteiger partial charge < -0.3 is 4.98 Å². The van der Waals surface area contributed by atoms with Gasteiger partial charge in [-0.3, -0.25) is 19.9 Å². The Morgan fingerprint density at radius 1 is 1.26 bits per heavy atom. The van der Waals surface area contributed by atoms with Crippen molar-refractivity contribution in [3.8, 4) is 0 Å². The molecule has 0 atom stereocenters. The van der Waals surface area contributed by atoms with Crippen LogP contribution in [0.25, 0.3) is 11.0 Å². The van der Waals surface area contributed by atoms with Crippen LogP contribution in [-0.4, -0.2) is 33.9 Å². The number of hydrogen-bond donors (Lipinski definition) is 2. The number of Topliss-reactive ketones (excluding diaryl/α,β-unsaturated/α-hetero) is 1. The minimum Gasteiger partial charge on any atom is -0.324 e. The molecule has 4 rings (SSSR count). The molecule has 0 bridgehead atoms. The lowest BCUT2D eigenvalue weighted by molar-refractivity contribution is -0.116. The summed E-state index contributed by atoms with van der Waals surface area (Å²) in [4.78, 5) is 36.0. The number of nitrogens with one attached hydrogen (secondary N) is 2. The van der Waals surface area contributed by atoms with E-state index in [1.807, 2.05) is 43.3 Å². The molecular weight excluding hydrogens is 408 g/mol. The SMILES string of the molecule is CCCC(=O)Nc1nc2c(Br)cc(C3=NCC(=O)c4ccccc43)cc2[nH]1. The molecule has 0 saturated heterocycles. The van der Waals surface area contributed by atoms with Crippen molar-refractivity contribution in [3.05, 3.63) is 57.6 Å². The number of fused-ring (bicyclic) bond motifs is 2.